The van der Waals surface area contributed by atoms with Crippen LogP contribution in [0, 0.1) is 0 Å². The first-order valence-corrected chi connectivity index (χ1v) is 7.56. The quantitative estimate of drug-likeness (QED) is 0.835. The molecule has 1 atom stereocenters. The van der Waals surface area contributed by atoms with E-state index >= 15 is 0 Å². The highest BCUT2D eigenvalue weighted by molar-refractivity contribution is 7.09. The van der Waals surface area contributed by atoms with Crippen LogP contribution in [0.5, 0.6) is 5.75 Å². The Labute approximate surface area is 118 Å². The lowest BCUT2D eigenvalue weighted by molar-refractivity contribution is 0.305. The lowest BCUT2D eigenvalue weighted by Gasteiger charge is -2.16. The zero-order valence-corrected chi connectivity index (χ0v) is 12.2. The Morgan fingerprint density at radius 1 is 1.26 bits per heavy atom. The van der Waals surface area contributed by atoms with E-state index in [4.69, 9.17) is 4.74 Å². The van der Waals surface area contributed by atoms with E-state index in [1.807, 2.05) is 17.5 Å². The predicted molar refractivity (Wildman–Crippen MR) is 79.6 cm³/mol. The van der Waals surface area contributed by atoms with Gasteiger partial charge in [-0.1, -0.05) is 26.0 Å². The van der Waals surface area contributed by atoms with Gasteiger partial charge >= 0.3 is 0 Å². The Hall–Kier alpha value is -1.39. The smallest absolute Gasteiger partial charge is 0.140 e. The molecule has 4 heteroatoms. The van der Waals surface area contributed by atoms with Gasteiger partial charge in [-0.15, -0.1) is 11.3 Å². The normalized spacial score (nSPS) is 12.3. The molecule has 0 spiro atoms. The van der Waals surface area contributed by atoms with Gasteiger partial charge in [0.2, 0.25) is 0 Å². The van der Waals surface area contributed by atoms with Crippen LogP contribution in [0.15, 0.2) is 35.8 Å². The van der Waals surface area contributed by atoms with Gasteiger partial charge in [-0.2, -0.15) is 0 Å². The van der Waals surface area contributed by atoms with E-state index in [9.17, 15) is 0 Å². The van der Waals surface area contributed by atoms with Crippen molar-refractivity contribution in [1.29, 1.82) is 0 Å². The summed E-state index contributed by atoms with van der Waals surface area (Å²) in [6.07, 6.45) is 2.89. The van der Waals surface area contributed by atoms with Crippen molar-refractivity contribution in [1.82, 2.24) is 10.3 Å². The fraction of sp³-hybridized carbons (Fsp3) is 0.400. The number of ether oxygens (including phenoxy) is 1. The van der Waals surface area contributed by atoms with Crippen LogP contribution < -0.4 is 10.1 Å². The second kappa shape index (κ2) is 7.26. The van der Waals surface area contributed by atoms with Crippen molar-refractivity contribution >= 4 is 11.3 Å². The second-order valence-corrected chi connectivity index (χ2v) is 5.28. The van der Waals surface area contributed by atoms with Crippen molar-refractivity contribution < 1.29 is 4.74 Å². The van der Waals surface area contributed by atoms with Gasteiger partial charge in [0, 0.05) is 17.6 Å². The van der Waals surface area contributed by atoms with Gasteiger partial charge in [-0.25, -0.2) is 4.98 Å². The number of nitrogens with zero attached hydrogens (tertiary/aromatic N) is 1. The molecule has 0 bridgehead atoms. The first-order valence-electron chi connectivity index (χ1n) is 6.68. The third-order valence-electron chi connectivity index (χ3n) is 2.99. The van der Waals surface area contributed by atoms with Crippen molar-refractivity contribution in [2.24, 2.45) is 0 Å². The van der Waals surface area contributed by atoms with Crippen molar-refractivity contribution in [2.45, 2.75) is 32.9 Å². The molecule has 0 amide bonds. The van der Waals surface area contributed by atoms with Gasteiger partial charge in [0.05, 0.1) is 0 Å². The summed E-state index contributed by atoms with van der Waals surface area (Å²) in [7, 11) is 0. The Balaban J connectivity index is 1.93. The summed E-state index contributed by atoms with van der Waals surface area (Å²) in [5, 5.41) is 6.44. The number of nitrogens with one attached hydrogen (secondary N) is 1. The molecule has 19 heavy (non-hydrogen) atoms. The number of thiazole rings is 1. The maximum atomic E-state index is 5.71. The van der Waals surface area contributed by atoms with Crippen LogP contribution in [0.3, 0.4) is 0 Å². The molecule has 3 nitrogen and oxygen atoms in total. The van der Waals surface area contributed by atoms with E-state index in [2.05, 4.69) is 36.3 Å². The number of rotatable bonds is 7. The monoisotopic (exact) mass is 276 g/mol. The average Bonchev–Trinajstić information content (AvgIpc) is 2.96. The third kappa shape index (κ3) is 4.04. The second-order valence-electron chi connectivity index (χ2n) is 4.30. The molecule has 2 rings (SSSR count). The Morgan fingerprint density at radius 3 is 2.63 bits per heavy atom. The summed E-state index contributed by atoms with van der Waals surface area (Å²) in [6, 6.07) is 8.76. The van der Waals surface area contributed by atoms with Gasteiger partial charge in [-0.05, 0) is 30.7 Å². The molecule has 1 aromatic heterocycles. The minimum atomic E-state index is 0.429. The first kappa shape index (κ1) is 14.0. The predicted octanol–water partition coefficient (Wildman–Crippen LogP) is 3.78. The first-order chi connectivity index (χ1) is 9.33. The standard InChI is InChI=1S/C15H20N2OS/c1-3-14(16-4-2)12-5-7-13(8-6-12)18-11-15-17-9-10-19-15/h5-10,14,16H,3-4,11H2,1-2H3. The fourth-order valence-corrected chi connectivity index (χ4v) is 2.54. The van der Waals surface area contributed by atoms with Crippen molar-refractivity contribution in [3.05, 3.63) is 46.4 Å². The summed E-state index contributed by atoms with van der Waals surface area (Å²) in [5.74, 6) is 0.894. The van der Waals surface area contributed by atoms with Crippen molar-refractivity contribution in [3.63, 3.8) is 0 Å². The van der Waals surface area contributed by atoms with Gasteiger partial charge in [0.15, 0.2) is 0 Å². The van der Waals surface area contributed by atoms with E-state index < -0.39 is 0 Å². The van der Waals surface area contributed by atoms with Gasteiger partial charge < -0.3 is 10.1 Å². The van der Waals surface area contributed by atoms with Gasteiger partial charge in [0.1, 0.15) is 17.4 Å². The van der Waals surface area contributed by atoms with Crippen LogP contribution in [-0.4, -0.2) is 11.5 Å². The SMILES string of the molecule is CCNC(CC)c1ccc(OCc2nccs2)cc1. The molecule has 0 aliphatic carbocycles. The van der Waals surface area contributed by atoms with E-state index in [0.29, 0.717) is 12.6 Å². The highest BCUT2D eigenvalue weighted by Gasteiger charge is 2.07. The topological polar surface area (TPSA) is 34.1 Å². The number of hydrogen-bond donors (Lipinski definition) is 1. The van der Waals surface area contributed by atoms with E-state index in [0.717, 1.165) is 23.7 Å². The summed E-state index contributed by atoms with van der Waals surface area (Å²) in [5.41, 5.74) is 1.31. The Kier molecular flexibility index (Phi) is 5.36. The van der Waals surface area contributed by atoms with Crippen LogP contribution in [0.25, 0.3) is 0 Å². The van der Waals surface area contributed by atoms with Gasteiger partial charge in [0.25, 0.3) is 0 Å². The largest absolute Gasteiger partial charge is 0.486 e. The molecule has 102 valence electrons. The lowest BCUT2D eigenvalue weighted by atomic mass is 10.0. The Bertz CT molecular complexity index is 467. The highest BCUT2D eigenvalue weighted by Crippen LogP contribution is 2.21. The molecule has 0 aliphatic rings. The average molecular weight is 276 g/mol. The fourth-order valence-electron chi connectivity index (χ4n) is 2.01. The molecule has 0 saturated heterocycles. The number of benzene rings is 1. The molecule has 1 N–H and O–H groups in total. The molecule has 2 aromatic rings. The molecule has 0 radical (unpaired) electrons. The summed E-state index contributed by atoms with van der Waals surface area (Å²) in [6.45, 7) is 5.86. The lowest BCUT2D eigenvalue weighted by Crippen LogP contribution is -2.19. The molecule has 0 saturated carbocycles. The van der Waals surface area contributed by atoms with E-state index in [1.54, 1.807) is 17.5 Å². The summed E-state index contributed by atoms with van der Waals surface area (Å²) >= 11 is 1.61. The van der Waals surface area contributed by atoms with Crippen molar-refractivity contribution in [3.8, 4) is 5.75 Å². The molecule has 1 aromatic carbocycles. The minimum absolute atomic E-state index is 0.429. The minimum Gasteiger partial charge on any atom is -0.486 e. The third-order valence-corrected chi connectivity index (χ3v) is 3.74. The van der Waals surface area contributed by atoms with Crippen LogP contribution in [0.4, 0.5) is 0 Å². The van der Waals surface area contributed by atoms with Crippen LogP contribution >= 0.6 is 11.3 Å². The molecule has 0 fully saturated rings. The van der Waals surface area contributed by atoms with E-state index in [1.165, 1.54) is 5.56 Å². The van der Waals surface area contributed by atoms with Crippen LogP contribution in [-0.2, 0) is 6.61 Å². The highest BCUT2D eigenvalue weighted by atomic mass is 32.1. The molecular formula is C15H20N2OS. The van der Waals surface area contributed by atoms with Gasteiger partial charge in [-0.3, -0.25) is 0 Å². The maximum absolute atomic E-state index is 5.71. The molecular weight excluding hydrogens is 256 g/mol. The number of aromatic nitrogens is 1. The van der Waals surface area contributed by atoms with Crippen molar-refractivity contribution in [2.75, 3.05) is 6.54 Å². The van der Waals surface area contributed by atoms with E-state index in [-0.39, 0.29) is 0 Å². The zero-order valence-electron chi connectivity index (χ0n) is 11.4. The summed E-state index contributed by atoms with van der Waals surface area (Å²) < 4.78 is 5.71. The maximum Gasteiger partial charge on any atom is 0.140 e. The van der Waals surface area contributed by atoms with Crippen LogP contribution in [0.2, 0.25) is 0 Å². The summed E-state index contributed by atoms with van der Waals surface area (Å²) in [4.78, 5) is 4.20. The Morgan fingerprint density at radius 2 is 2.05 bits per heavy atom. The number of hydrogen-bond acceptors (Lipinski definition) is 4. The molecule has 1 heterocycles. The molecule has 1 unspecified atom stereocenters. The zero-order chi connectivity index (χ0) is 13.5. The van der Waals surface area contributed by atoms with Crippen LogP contribution in [0.1, 0.15) is 36.9 Å². The molecule has 0 aliphatic heterocycles.